The molecule has 3 fully saturated rings. The van der Waals surface area contributed by atoms with Gasteiger partial charge in [0.05, 0.1) is 11.6 Å². The number of hydrogen-bond donors (Lipinski definition) is 1. The van der Waals surface area contributed by atoms with Crippen LogP contribution in [0.5, 0.6) is 5.75 Å². The van der Waals surface area contributed by atoms with Gasteiger partial charge in [-0.05, 0) is 49.2 Å². The molecule has 31 heavy (non-hydrogen) atoms. The minimum Gasteiger partial charge on any atom is -0.490 e. The fourth-order valence-corrected chi connectivity index (χ4v) is 4.08. The molecular weight excluding hydrogens is 394 g/mol. The van der Waals surface area contributed by atoms with Gasteiger partial charge in [0.25, 0.3) is 0 Å². The number of nitrogens with zero attached hydrogens (tertiary/aromatic N) is 4. The summed E-state index contributed by atoms with van der Waals surface area (Å²) in [4.78, 5) is 28.8. The second-order valence-electron chi connectivity index (χ2n) is 8.52. The van der Waals surface area contributed by atoms with Crippen LogP contribution in [0.4, 0.5) is 11.5 Å². The first-order valence-corrected chi connectivity index (χ1v) is 11.1. The Hall–Kier alpha value is -3.00. The quantitative estimate of drug-likeness (QED) is 0.769. The molecule has 2 saturated heterocycles. The first kappa shape index (κ1) is 19.9. The van der Waals surface area contributed by atoms with Crippen molar-refractivity contribution < 1.29 is 14.3 Å². The van der Waals surface area contributed by atoms with Gasteiger partial charge in [-0.15, -0.1) is 5.10 Å². The van der Waals surface area contributed by atoms with Crippen molar-refractivity contribution in [2.75, 3.05) is 31.1 Å². The molecule has 1 aromatic carbocycles. The van der Waals surface area contributed by atoms with E-state index in [0.29, 0.717) is 24.8 Å². The molecule has 0 radical (unpaired) electrons. The molecule has 8 nitrogen and oxygen atoms in total. The average molecular weight is 422 g/mol. The van der Waals surface area contributed by atoms with Crippen LogP contribution in [-0.2, 0) is 9.59 Å². The zero-order valence-electron chi connectivity index (χ0n) is 17.4. The molecule has 8 heteroatoms. The number of hydrogen-bond acceptors (Lipinski definition) is 6. The lowest BCUT2D eigenvalue weighted by atomic mass is 10.0. The van der Waals surface area contributed by atoms with Crippen molar-refractivity contribution in [2.24, 2.45) is 11.8 Å². The van der Waals surface area contributed by atoms with Crippen LogP contribution in [0.1, 0.15) is 25.7 Å². The van der Waals surface area contributed by atoms with Gasteiger partial charge in [0.1, 0.15) is 11.9 Å². The van der Waals surface area contributed by atoms with Crippen molar-refractivity contribution in [3.05, 3.63) is 42.6 Å². The average Bonchev–Trinajstić information content (AvgIpc) is 3.60. The first-order chi connectivity index (χ1) is 15.2. The maximum atomic E-state index is 13.0. The molecule has 1 N–H and O–H groups in total. The zero-order chi connectivity index (χ0) is 21.2. The van der Waals surface area contributed by atoms with E-state index in [2.05, 4.69) is 15.5 Å². The highest BCUT2D eigenvalue weighted by Crippen LogP contribution is 2.33. The van der Waals surface area contributed by atoms with Crippen LogP contribution in [0.15, 0.2) is 42.6 Å². The molecule has 3 heterocycles. The Morgan fingerprint density at radius 3 is 2.32 bits per heavy atom. The topological polar surface area (TPSA) is 87.7 Å². The number of ether oxygens (including phenoxy) is 1. The summed E-state index contributed by atoms with van der Waals surface area (Å²) < 4.78 is 6.16. The van der Waals surface area contributed by atoms with Crippen molar-refractivity contribution in [3.8, 4) is 5.75 Å². The number of carbonyl (C=O) groups is 2. The largest absolute Gasteiger partial charge is 0.490 e. The molecule has 1 saturated carbocycles. The van der Waals surface area contributed by atoms with Gasteiger partial charge in [-0.25, -0.2) is 0 Å². The molecule has 162 valence electrons. The van der Waals surface area contributed by atoms with Gasteiger partial charge >= 0.3 is 0 Å². The van der Waals surface area contributed by atoms with Crippen LogP contribution in [-0.4, -0.2) is 59.2 Å². The summed E-state index contributed by atoms with van der Waals surface area (Å²) in [5, 5.41) is 11.2. The van der Waals surface area contributed by atoms with Gasteiger partial charge < -0.3 is 15.0 Å². The van der Waals surface area contributed by atoms with Gasteiger partial charge in [-0.1, -0.05) is 0 Å². The summed E-state index contributed by atoms with van der Waals surface area (Å²) in [6.07, 6.45) is 5.49. The minimum atomic E-state index is -0.0542. The normalized spacial score (nSPS) is 19.5. The molecule has 0 unspecified atom stereocenters. The Kier molecular flexibility index (Phi) is 5.55. The molecule has 2 amide bonds. The number of benzene rings is 1. The van der Waals surface area contributed by atoms with E-state index in [9.17, 15) is 9.59 Å². The monoisotopic (exact) mass is 421 g/mol. The highest BCUT2D eigenvalue weighted by molar-refractivity contribution is 6.01. The molecule has 2 aliphatic heterocycles. The number of amides is 2. The highest BCUT2D eigenvalue weighted by atomic mass is 16.5. The van der Waals surface area contributed by atoms with Crippen LogP contribution >= 0.6 is 0 Å². The molecule has 0 bridgehead atoms. The van der Waals surface area contributed by atoms with Crippen LogP contribution in [0.25, 0.3) is 0 Å². The minimum absolute atomic E-state index is 0.0145. The van der Waals surface area contributed by atoms with E-state index in [1.165, 1.54) is 0 Å². The number of carbonyl (C=O) groups excluding carboxylic acids is 2. The van der Waals surface area contributed by atoms with Crippen LogP contribution in [0.3, 0.4) is 0 Å². The van der Waals surface area contributed by atoms with Crippen LogP contribution in [0, 0.1) is 11.8 Å². The number of aromatic nitrogens is 2. The van der Waals surface area contributed by atoms with E-state index in [1.807, 2.05) is 29.2 Å². The van der Waals surface area contributed by atoms with Gasteiger partial charge in [0.15, 0.2) is 5.82 Å². The fraction of sp³-hybridized carbons (Fsp3) is 0.478. The number of nitrogens with one attached hydrogen (secondary N) is 1. The third-order valence-electron chi connectivity index (χ3n) is 6.22. The summed E-state index contributed by atoms with van der Waals surface area (Å²) in [5.41, 5.74) is 0.745. The molecule has 1 aliphatic carbocycles. The lowest BCUT2D eigenvalue weighted by Gasteiger charge is -2.33. The molecule has 3 aliphatic rings. The van der Waals surface area contributed by atoms with Crippen molar-refractivity contribution in [2.45, 2.75) is 31.8 Å². The number of anilines is 2. The zero-order valence-corrected chi connectivity index (χ0v) is 17.4. The Morgan fingerprint density at radius 2 is 1.74 bits per heavy atom. The van der Waals surface area contributed by atoms with E-state index in [4.69, 9.17) is 4.74 Å². The van der Waals surface area contributed by atoms with E-state index in [-0.39, 0.29) is 23.8 Å². The summed E-state index contributed by atoms with van der Waals surface area (Å²) in [6.45, 7) is 2.89. The van der Waals surface area contributed by atoms with Gasteiger partial charge in [-0.3, -0.25) is 14.5 Å². The molecule has 2 aromatic rings. The molecular formula is C23H27N5O3. The summed E-state index contributed by atoms with van der Waals surface area (Å²) >= 11 is 0. The number of rotatable bonds is 6. The number of piperidine rings is 1. The number of likely N-dealkylation sites (tertiary alicyclic amines) is 1. The van der Waals surface area contributed by atoms with Crippen LogP contribution < -0.4 is 15.0 Å². The standard InChI is InChI=1S/C23H27N5O3/c29-22(16-3-4-16)27-12-9-20(10-13-27)31-19-7-5-18(6-8-19)28(21-2-1-11-25-26-21)23(30)17-14-24-15-17/h1-2,5-8,11,16-17,20,24H,3-4,9-10,12-15H2. The van der Waals surface area contributed by atoms with E-state index in [0.717, 1.165) is 50.2 Å². The predicted molar refractivity (Wildman–Crippen MR) is 115 cm³/mol. The van der Waals surface area contributed by atoms with E-state index >= 15 is 0 Å². The van der Waals surface area contributed by atoms with Crippen molar-refractivity contribution in [1.29, 1.82) is 0 Å². The van der Waals surface area contributed by atoms with Gasteiger partial charge in [-0.2, -0.15) is 5.10 Å². The Labute approximate surface area is 181 Å². The maximum absolute atomic E-state index is 13.0. The van der Waals surface area contributed by atoms with Crippen molar-refractivity contribution >= 4 is 23.3 Å². The Bertz CT molecular complexity index is 920. The van der Waals surface area contributed by atoms with Crippen molar-refractivity contribution in [1.82, 2.24) is 20.4 Å². The fourth-order valence-electron chi connectivity index (χ4n) is 4.08. The molecule has 0 atom stereocenters. The Balaban J connectivity index is 1.24. The second-order valence-corrected chi connectivity index (χ2v) is 8.52. The Morgan fingerprint density at radius 1 is 1.00 bits per heavy atom. The SMILES string of the molecule is O=C(C1CC1)N1CCC(Oc2ccc(N(C(=O)C3CNC3)c3cccnn3)cc2)CC1. The van der Waals surface area contributed by atoms with E-state index in [1.54, 1.807) is 23.2 Å². The third-order valence-corrected chi connectivity index (χ3v) is 6.22. The highest BCUT2D eigenvalue weighted by Gasteiger charge is 2.35. The predicted octanol–water partition coefficient (Wildman–Crippen LogP) is 2.14. The lowest BCUT2D eigenvalue weighted by molar-refractivity contribution is -0.134. The van der Waals surface area contributed by atoms with Gasteiger partial charge in [0.2, 0.25) is 11.8 Å². The summed E-state index contributed by atoms with van der Waals surface area (Å²) in [7, 11) is 0. The first-order valence-electron chi connectivity index (χ1n) is 11.1. The smallest absolute Gasteiger partial charge is 0.238 e. The summed E-state index contributed by atoms with van der Waals surface area (Å²) in [6, 6.07) is 11.1. The molecule has 1 aromatic heterocycles. The second kappa shape index (κ2) is 8.63. The third kappa shape index (κ3) is 4.39. The van der Waals surface area contributed by atoms with E-state index < -0.39 is 0 Å². The molecule has 0 spiro atoms. The lowest BCUT2D eigenvalue weighted by Crippen LogP contribution is -2.51. The van der Waals surface area contributed by atoms with Crippen LogP contribution in [0.2, 0.25) is 0 Å². The summed E-state index contributed by atoms with van der Waals surface area (Å²) in [5.74, 6) is 1.84. The van der Waals surface area contributed by atoms with Crippen molar-refractivity contribution in [3.63, 3.8) is 0 Å². The maximum Gasteiger partial charge on any atom is 0.238 e. The molecule has 5 rings (SSSR count). The van der Waals surface area contributed by atoms with Gasteiger partial charge in [0, 0.05) is 51.1 Å².